The van der Waals surface area contributed by atoms with Crippen molar-refractivity contribution in [1.82, 2.24) is 4.57 Å². The number of carbonyl (C=O) groups excluding carboxylic acids is 1. The molecule has 2 aromatic carbocycles. The monoisotopic (exact) mass is 427 g/mol. The van der Waals surface area contributed by atoms with Crippen molar-refractivity contribution in [2.45, 2.75) is 18.6 Å². The minimum absolute atomic E-state index is 0.0744. The SMILES string of the molecule is COC(=O)C[C@H]1O[C@H](c2cccc(OC)c2OC)c2cc(Cl)ccc2-n2cccc21. The Balaban J connectivity index is 1.93. The molecular weight excluding hydrogens is 406 g/mol. The predicted octanol–water partition coefficient (Wildman–Crippen LogP) is 4.87. The molecule has 3 aromatic rings. The summed E-state index contributed by atoms with van der Waals surface area (Å²) in [6.07, 6.45) is 0.948. The Morgan fingerprint density at radius 3 is 2.63 bits per heavy atom. The van der Waals surface area contributed by atoms with E-state index >= 15 is 0 Å². The minimum atomic E-state index is -0.543. The summed E-state index contributed by atoms with van der Waals surface area (Å²) in [5.41, 5.74) is 3.41. The molecule has 30 heavy (non-hydrogen) atoms. The number of ether oxygens (including phenoxy) is 4. The third-order valence-electron chi connectivity index (χ3n) is 5.24. The van der Waals surface area contributed by atoms with Crippen LogP contribution in [0.3, 0.4) is 0 Å². The molecule has 1 aromatic heterocycles. The second-order valence-electron chi connectivity index (χ2n) is 6.87. The fourth-order valence-electron chi connectivity index (χ4n) is 3.88. The van der Waals surface area contributed by atoms with Gasteiger partial charge in [-0.2, -0.15) is 0 Å². The van der Waals surface area contributed by atoms with Crippen LogP contribution in [0.5, 0.6) is 11.5 Å². The van der Waals surface area contributed by atoms with Gasteiger partial charge in [0.2, 0.25) is 0 Å². The topological polar surface area (TPSA) is 58.9 Å². The van der Waals surface area contributed by atoms with Gasteiger partial charge < -0.3 is 23.5 Å². The van der Waals surface area contributed by atoms with Gasteiger partial charge in [-0.3, -0.25) is 4.79 Å². The number of aromatic nitrogens is 1. The highest BCUT2D eigenvalue weighted by molar-refractivity contribution is 6.30. The summed E-state index contributed by atoms with van der Waals surface area (Å²) in [4.78, 5) is 12.1. The molecule has 0 saturated carbocycles. The number of esters is 1. The van der Waals surface area contributed by atoms with E-state index < -0.39 is 12.2 Å². The molecule has 0 unspecified atom stereocenters. The quantitative estimate of drug-likeness (QED) is 0.543. The van der Waals surface area contributed by atoms with Crippen molar-refractivity contribution in [2.24, 2.45) is 0 Å². The maximum atomic E-state index is 12.1. The average molecular weight is 428 g/mol. The Morgan fingerprint density at radius 1 is 1.07 bits per heavy atom. The molecule has 0 saturated heterocycles. The highest BCUT2D eigenvalue weighted by Gasteiger charge is 2.34. The van der Waals surface area contributed by atoms with Crippen molar-refractivity contribution < 1.29 is 23.7 Å². The minimum Gasteiger partial charge on any atom is -0.493 e. The second-order valence-corrected chi connectivity index (χ2v) is 7.31. The number of methoxy groups -OCH3 is 3. The van der Waals surface area contributed by atoms with E-state index in [9.17, 15) is 4.79 Å². The fourth-order valence-corrected chi connectivity index (χ4v) is 4.07. The van der Waals surface area contributed by atoms with E-state index in [1.807, 2.05) is 59.3 Å². The zero-order valence-electron chi connectivity index (χ0n) is 16.9. The number of nitrogens with zero attached hydrogens (tertiary/aromatic N) is 1. The highest BCUT2D eigenvalue weighted by atomic mass is 35.5. The van der Waals surface area contributed by atoms with Crippen LogP contribution in [0.1, 0.15) is 35.4 Å². The summed E-state index contributed by atoms with van der Waals surface area (Å²) in [7, 11) is 4.55. The van der Waals surface area contributed by atoms with Crippen LogP contribution in [0.25, 0.3) is 5.69 Å². The zero-order chi connectivity index (χ0) is 21.3. The van der Waals surface area contributed by atoms with Gasteiger partial charge in [-0.1, -0.05) is 23.7 Å². The first kappa shape index (κ1) is 20.3. The van der Waals surface area contributed by atoms with E-state index in [-0.39, 0.29) is 12.4 Å². The van der Waals surface area contributed by atoms with Crippen molar-refractivity contribution >= 4 is 17.6 Å². The first-order valence-electron chi connectivity index (χ1n) is 9.47. The van der Waals surface area contributed by atoms with Gasteiger partial charge in [0.1, 0.15) is 12.2 Å². The van der Waals surface area contributed by atoms with Crippen LogP contribution in [0.15, 0.2) is 54.7 Å². The van der Waals surface area contributed by atoms with Crippen molar-refractivity contribution in [3.05, 3.63) is 76.6 Å². The normalized spacial score (nSPS) is 17.5. The standard InChI is InChI=1S/C23H22ClNO5/c1-27-19-8-4-6-15(23(19)29-3)22-16-12-14(24)9-10-17(16)25-11-5-7-18(25)20(30-22)13-21(26)28-2/h4-12,20,22H,13H2,1-3H3/t20-,22-/m1/s1. The molecule has 2 atom stereocenters. The number of carbonyl (C=O) groups is 1. The highest BCUT2D eigenvalue weighted by Crippen LogP contribution is 2.46. The zero-order valence-corrected chi connectivity index (χ0v) is 17.7. The Labute approximate surface area is 179 Å². The van der Waals surface area contributed by atoms with E-state index in [0.717, 1.165) is 22.5 Å². The van der Waals surface area contributed by atoms with E-state index in [4.69, 9.17) is 30.5 Å². The summed E-state index contributed by atoms with van der Waals surface area (Å²) in [6.45, 7) is 0. The van der Waals surface area contributed by atoms with Crippen LogP contribution < -0.4 is 9.47 Å². The maximum absolute atomic E-state index is 12.1. The molecule has 6 nitrogen and oxygen atoms in total. The molecule has 0 aliphatic carbocycles. The lowest BCUT2D eigenvalue weighted by Crippen LogP contribution is -2.15. The fraction of sp³-hybridized carbons (Fsp3) is 0.261. The predicted molar refractivity (Wildman–Crippen MR) is 113 cm³/mol. The number of hydrogen-bond donors (Lipinski definition) is 0. The Hall–Kier alpha value is -2.96. The third kappa shape index (κ3) is 3.53. The van der Waals surface area contributed by atoms with Gasteiger partial charge in [0, 0.05) is 22.3 Å². The van der Waals surface area contributed by atoms with Gasteiger partial charge >= 0.3 is 5.97 Å². The number of fused-ring (bicyclic) bond motifs is 3. The van der Waals surface area contributed by atoms with Crippen molar-refractivity contribution in [3.8, 4) is 17.2 Å². The number of para-hydroxylation sites is 1. The lowest BCUT2D eigenvalue weighted by atomic mass is 9.98. The smallest absolute Gasteiger partial charge is 0.308 e. The molecule has 0 bridgehead atoms. The van der Waals surface area contributed by atoms with Crippen LogP contribution in [0.2, 0.25) is 5.02 Å². The Bertz CT molecular complexity index is 1080. The van der Waals surface area contributed by atoms with Gasteiger partial charge in [-0.15, -0.1) is 0 Å². The lowest BCUT2D eigenvalue weighted by molar-refractivity contribution is -0.145. The van der Waals surface area contributed by atoms with Crippen LogP contribution in [0.4, 0.5) is 0 Å². The number of rotatable bonds is 5. The summed E-state index contributed by atoms with van der Waals surface area (Å²) in [6, 6.07) is 15.2. The summed E-state index contributed by atoms with van der Waals surface area (Å²) in [5.74, 6) is 0.808. The summed E-state index contributed by atoms with van der Waals surface area (Å²) < 4.78 is 24.6. The summed E-state index contributed by atoms with van der Waals surface area (Å²) in [5, 5.41) is 0.587. The summed E-state index contributed by atoms with van der Waals surface area (Å²) >= 11 is 6.36. The van der Waals surface area contributed by atoms with Gasteiger partial charge in [0.25, 0.3) is 0 Å². The second kappa shape index (κ2) is 8.42. The van der Waals surface area contributed by atoms with Crippen LogP contribution in [-0.4, -0.2) is 31.9 Å². The lowest BCUT2D eigenvalue weighted by Gasteiger charge is -2.25. The molecule has 2 heterocycles. The molecule has 1 aliphatic rings. The molecule has 0 fully saturated rings. The third-order valence-corrected chi connectivity index (χ3v) is 5.47. The first-order valence-corrected chi connectivity index (χ1v) is 9.85. The van der Waals surface area contributed by atoms with Crippen LogP contribution in [-0.2, 0) is 14.3 Å². The molecule has 7 heteroatoms. The Kier molecular flexibility index (Phi) is 5.70. The number of benzene rings is 2. The van der Waals surface area contributed by atoms with Gasteiger partial charge in [-0.25, -0.2) is 0 Å². The molecule has 0 spiro atoms. The maximum Gasteiger partial charge on any atom is 0.308 e. The molecule has 0 radical (unpaired) electrons. The van der Waals surface area contributed by atoms with Crippen LogP contribution >= 0.6 is 11.6 Å². The average Bonchev–Trinajstić information content (AvgIpc) is 3.21. The first-order chi connectivity index (χ1) is 14.6. The molecule has 1 aliphatic heterocycles. The van der Waals surface area contributed by atoms with E-state index in [1.165, 1.54) is 7.11 Å². The Morgan fingerprint density at radius 2 is 1.90 bits per heavy atom. The van der Waals surface area contributed by atoms with E-state index in [1.54, 1.807) is 14.2 Å². The van der Waals surface area contributed by atoms with Gasteiger partial charge in [0.15, 0.2) is 11.5 Å². The van der Waals surface area contributed by atoms with E-state index in [2.05, 4.69) is 0 Å². The van der Waals surface area contributed by atoms with Crippen molar-refractivity contribution in [1.29, 1.82) is 0 Å². The van der Waals surface area contributed by atoms with Crippen molar-refractivity contribution in [2.75, 3.05) is 21.3 Å². The molecule has 156 valence electrons. The van der Waals surface area contributed by atoms with Crippen LogP contribution in [0, 0.1) is 0 Å². The molecule has 4 rings (SSSR count). The van der Waals surface area contributed by atoms with Gasteiger partial charge in [0.05, 0.1) is 39.1 Å². The largest absolute Gasteiger partial charge is 0.493 e. The van der Waals surface area contributed by atoms with E-state index in [0.29, 0.717) is 16.5 Å². The number of hydrogen-bond acceptors (Lipinski definition) is 5. The van der Waals surface area contributed by atoms with Gasteiger partial charge in [-0.05, 0) is 36.4 Å². The molecule has 0 amide bonds. The van der Waals surface area contributed by atoms with Crippen molar-refractivity contribution in [3.63, 3.8) is 0 Å². The molecule has 0 N–H and O–H groups in total. The number of halogens is 1. The molecular formula is C23H22ClNO5.